The van der Waals surface area contributed by atoms with Crippen LogP contribution in [0.1, 0.15) is 29.8 Å². The zero-order chi connectivity index (χ0) is 20.0. The lowest BCUT2D eigenvalue weighted by molar-refractivity contribution is -0.137. The Bertz CT molecular complexity index is 803. The van der Waals surface area contributed by atoms with Gasteiger partial charge in [-0.1, -0.05) is 12.1 Å². The average Bonchev–Trinajstić information content (AvgIpc) is 2.62. The molecule has 0 aromatic heterocycles. The monoisotopic (exact) mass is 381 g/mol. The van der Waals surface area contributed by atoms with Crippen LogP contribution in [0.4, 0.5) is 18.9 Å². The highest BCUT2D eigenvalue weighted by atomic mass is 19.4. The number of carbonyl (C=O) groups is 2. The maximum Gasteiger partial charge on any atom is 0.416 e. The third-order valence-electron chi connectivity index (χ3n) is 3.54. The van der Waals surface area contributed by atoms with Crippen LogP contribution in [-0.4, -0.2) is 24.6 Å². The van der Waals surface area contributed by atoms with Gasteiger partial charge in [0, 0.05) is 5.69 Å². The summed E-state index contributed by atoms with van der Waals surface area (Å²) in [6, 6.07) is 10.4. The molecule has 2 aromatic carbocycles. The predicted molar refractivity (Wildman–Crippen MR) is 92.6 cm³/mol. The van der Waals surface area contributed by atoms with Crippen LogP contribution in [-0.2, 0) is 15.7 Å². The highest BCUT2D eigenvalue weighted by Gasteiger charge is 2.30. The quantitative estimate of drug-likeness (QED) is 0.759. The normalized spacial score (nSPS) is 12.2. The summed E-state index contributed by atoms with van der Waals surface area (Å²) in [6.07, 6.45) is -5.62. The van der Waals surface area contributed by atoms with Gasteiger partial charge in [-0.25, -0.2) is 4.79 Å². The molecule has 1 N–H and O–H groups in total. The van der Waals surface area contributed by atoms with E-state index in [-0.39, 0.29) is 11.3 Å². The average molecular weight is 381 g/mol. The van der Waals surface area contributed by atoms with E-state index < -0.39 is 29.7 Å². The molecule has 0 saturated carbocycles. The molecule has 144 valence electrons. The molecule has 0 aliphatic carbocycles. The van der Waals surface area contributed by atoms with Crippen molar-refractivity contribution in [2.75, 3.05) is 11.9 Å². The minimum absolute atomic E-state index is 0.158. The molecule has 0 fully saturated rings. The summed E-state index contributed by atoms with van der Waals surface area (Å²) in [6.45, 7) is 3.48. The molecule has 27 heavy (non-hydrogen) atoms. The van der Waals surface area contributed by atoms with Crippen LogP contribution in [0.15, 0.2) is 48.5 Å². The number of amides is 1. The predicted octanol–water partition coefficient (Wildman–Crippen LogP) is 4.29. The maximum absolute atomic E-state index is 12.5. The SMILES string of the molecule is CCOc1ccccc1C(=O)OC(C)C(=O)Nc1ccc(C(F)(F)F)cc1. The summed E-state index contributed by atoms with van der Waals surface area (Å²) in [5, 5.41) is 2.40. The van der Waals surface area contributed by atoms with Gasteiger partial charge in [0.25, 0.3) is 5.91 Å². The summed E-state index contributed by atoms with van der Waals surface area (Å²) >= 11 is 0. The van der Waals surface area contributed by atoms with Gasteiger partial charge in [0.05, 0.1) is 12.2 Å². The number of ether oxygens (including phenoxy) is 2. The molecule has 1 atom stereocenters. The Morgan fingerprint density at radius 3 is 2.30 bits per heavy atom. The minimum Gasteiger partial charge on any atom is -0.493 e. The van der Waals surface area contributed by atoms with Crippen molar-refractivity contribution < 1.29 is 32.2 Å². The molecule has 0 spiro atoms. The van der Waals surface area contributed by atoms with E-state index in [1.54, 1.807) is 25.1 Å². The van der Waals surface area contributed by atoms with Crippen molar-refractivity contribution in [2.24, 2.45) is 0 Å². The molecular weight excluding hydrogens is 363 g/mol. The molecular formula is C19H18F3NO4. The van der Waals surface area contributed by atoms with Crippen molar-refractivity contribution in [2.45, 2.75) is 26.1 Å². The molecule has 5 nitrogen and oxygen atoms in total. The van der Waals surface area contributed by atoms with Gasteiger partial charge in [0.1, 0.15) is 11.3 Å². The Morgan fingerprint density at radius 1 is 1.07 bits per heavy atom. The third-order valence-corrected chi connectivity index (χ3v) is 3.54. The van der Waals surface area contributed by atoms with E-state index in [0.29, 0.717) is 12.4 Å². The second kappa shape index (κ2) is 8.57. The highest BCUT2D eigenvalue weighted by molar-refractivity contribution is 5.98. The fourth-order valence-electron chi connectivity index (χ4n) is 2.18. The van der Waals surface area contributed by atoms with Gasteiger partial charge in [-0.3, -0.25) is 4.79 Å². The molecule has 1 amide bonds. The largest absolute Gasteiger partial charge is 0.493 e. The smallest absolute Gasteiger partial charge is 0.416 e. The van der Waals surface area contributed by atoms with E-state index >= 15 is 0 Å². The first-order valence-corrected chi connectivity index (χ1v) is 8.13. The molecule has 8 heteroatoms. The molecule has 2 aromatic rings. The van der Waals surface area contributed by atoms with Gasteiger partial charge < -0.3 is 14.8 Å². The van der Waals surface area contributed by atoms with Crippen LogP contribution >= 0.6 is 0 Å². The first-order chi connectivity index (χ1) is 12.7. The molecule has 0 heterocycles. The lowest BCUT2D eigenvalue weighted by Gasteiger charge is -2.15. The van der Waals surface area contributed by atoms with Crippen molar-refractivity contribution in [3.05, 3.63) is 59.7 Å². The number of hydrogen-bond acceptors (Lipinski definition) is 4. The van der Waals surface area contributed by atoms with E-state index in [4.69, 9.17) is 9.47 Å². The molecule has 0 aliphatic heterocycles. The molecule has 0 bridgehead atoms. The Hall–Kier alpha value is -3.03. The van der Waals surface area contributed by atoms with Gasteiger partial charge in [-0.15, -0.1) is 0 Å². The van der Waals surface area contributed by atoms with E-state index in [0.717, 1.165) is 24.3 Å². The number of alkyl halides is 3. The van der Waals surface area contributed by atoms with Crippen molar-refractivity contribution in [3.63, 3.8) is 0 Å². The molecule has 0 saturated heterocycles. The summed E-state index contributed by atoms with van der Waals surface area (Å²) in [4.78, 5) is 24.4. The van der Waals surface area contributed by atoms with Crippen LogP contribution in [0.2, 0.25) is 0 Å². The minimum atomic E-state index is -4.46. The van der Waals surface area contributed by atoms with Crippen molar-refractivity contribution >= 4 is 17.6 Å². The zero-order valence-corrected chi connectivity index (χ0v) is 14.7. The van der Waals surface area contributed by atoms with Gasteiger partial charge in [0.15, 0.2) is 6.10 Å². The van der Waals surface area contributed by atoms with Crippen molar-refractivity contribution in [3.8, 4) is 5.75 Å². The number of halogens is 3. The van der Waals surface area contributed by atoms with E-state index in [1.165, 1.54) is 13.0 Å². The Balaban J connectivity index is 2.00. The van der Waals surface area contributed by atoms with E-state index in [1.807, 2.05) is 0 Å². The van der Waals surface area contributed by atoms with Crippen LogP contribution in [0.3, 0.4) is 0 Å². The third kappa shape index (κ3) is 5.47. The summed E-state index contributed by atoms with van der Waals surface area (Å²) in [5.41, 5.74) is -0.494. The number of nitrogens with one attached hydrogen (secondary N) is 1. The lowest BCUT2D eigenvalue weighted by atomic mass is 10.2. The second-order valence-electron chi connectivity index (χ2n) is 5.54. The van der Waals surface area contributed by atoms with Gasteiger partial charge in [-0.2, -0.15) is 13.2 Å². The summed E-state index contributed by atoms with van der Waals surface area (Å²) in [5.74, 6) is -1.08. The lowest BCUT2D eigenvalue weighted by Crippen LogP contribution is -2.30. The number of esters is 1. The topological polar surface area (TPSA) is 64.6 Å². The second-order valence-corrected chi connectivity index (χ2v) is 5.54. The summed E-state index contributed by atoms with van der Waals surface area (Å²) < 4.78 is 48.1. The summed E-state index contributed by atoms with van der Waals surface area (Å²) in [7, 11) is 0. The van der Waals surface area contributed by atoms with Crippen LogP contribution in [0, 0.1) is 0 Å². The maximum atomic E-state index is 12.5. The fourth-order valence-corrected chi connectivity index (χ4v) is 2.18. The Morgan fingerprint density at radius 2 is 1.70 bits per heavy atom. The number of rotatable bonds is 6. The number of anilines is 1. The van der Waals surface area contributed by atoms with Crippen molar-refractivity contribution in [1.29, 1.82) is 0 Å². The molecule has 2 rings (SSSR count). The number of carbonyl (C=O) groups excluding carboxylic acids is 2. The number of benzene rings is 2. The highest BCUT2D eigenvalue weighted by Crippen LogP contribution is 2.29. The van der Waals surface area contributed by atoms with Crippen molar-refractivity contribution in [1.82, 2.24) is 0 Å². The van der Waals surface area contributed by atoms with Gasteiger partial charge in [0.2, 0.25) is 0 Å². The van der Waals surface area contributed by atoms with Crippen LogP contribution < -0.4 is 10.1 Å². The molecule has 1 unspecified atom stereocenters. The van der Waals surface area contributed by atoms with Gasteiger partial charge >= 0.3 is 12.1 Å². The number of hydrogen-bond donors (Lipinski definition) is 1. The van der Waals surface area contributed by atoms with Crippen LogP contribution in [0.5, 0.6) is 5.75 Å². The first kappa shape index (κ1) is 20.3. The van der Waals surface area contributed by atoms with E-state index in [9.17, 15) is 22.8 Å². The Labute approximate surface area is 154 Å². The number of para-hydroxylation sites is 1. The molecule has 0 aliphatic rings. The Kier molecular flexibility index (Phi) is 6.44. The standard InChI is InChI=1S/C19H18F3NO4/c1-3-26-16-7-5-4-6-15(16)18(25)27-12(2)17(24)23-14-10-8-13(9-11-14)19(20,21)22/h4-12H,3H2,1-2H3,(H,23,24). The zero-order valence-electron chi connectivity index (χ0n) is 14.7. The van der Waals surface area contributed by atoms with Gasteiger partial charge in [-0.05, 0) is 50.2 Å². The first-order valence-electron chi connectivity index (χ1n) is 8.13. The van der Waals surface area contributed by atoms with Crippen LogP contribution in [0.25, 0.3) is 0 Å². The molecule has 0 radical (unpaired) electrons. The fraction of sp³-hybridized carbons (Fsp3) is 0.263. The van der Waals surface area contributed by atoms with E-state index in [2.05, 4.69) is 5.32 Å².